The van der Waals surface area contributed by atoms with E-state index in [1.54, 1.807) is 36.4 Å². The molecule has 0 radical (unpaired) electrons. The highest BCUT2D eigenvalue weighted by Crippen LogP contribution is 2.25. The van der Waals surface area contributed by atoms with Crippen molar-refractivity contribution in [1.82, 2.24) is 4.98 Å². The second-order valence-corrected chi connectivity index (χ2v) is 7.33. The third-order valence-corrected chi connectivity index (χ3v) is 5.20. The fraction of sp³-hybridized carbons (Fsp3) is 0.238. The number of nitrogens with zero attached hydrogens (tertiary/aromatic N) is 1. The first-order valence-electron chi connectivity index (χ1n) is 9.05. The Hall–Kier alpha value is -2.77. The van der Waals surface area contributed by atoms with Crippen LogP contribution in [0.5, 0.6) is 5.75 Å². The van der Waals surface area contributed by atoms with E-state index in [9.17, 15) is 9.18 Å². The number of ether oxygens (including phenoxy) is 2. The summed E-state index contributed by atoms with van der Waals surface area (Å²) in [6.07, 6.45) is 2.25. The van der Waals surface area contributed by atoms with Gasteiger partial charge in [0.1, 0.15) is 18.2 Å². The summed E-state index contributed by atoms with van der Waals surface area (Å²) in [5, 5.41) is 5.10. The van der Waals surface area contributed by atoms with Gasteiger partial charge < -0.3 is 9.47 Å². The molecular formula is C21H19FN2O3S. The number of anilines is 1. The molecule has 4 rings (SSSR count). The van der Waals surface area contributed by atoms with Crippen LogP contribution in [0.2, 0.25) is 0 Å². The summed E-state index contributed by atoms with van der Waals surface area (Å²) < 4.78 is 24.3. The van der Waals surface area contributed by atoms with Gasteiger partial charge in [-0.2, -0.15) is 0 Å². The Morgan fingerprint density at radius 1 is 1.21 bits per heavy atom. The highest BCUT2D eigenvalue weighted by molar-refractivity contribution is 7.14. The lowest BCUT2D eigenvalue weighted by molar-refractivity contribution is 0.0679. The highest BCUT2D eigenvalue weighted by atomic mass is 32.1. The summed E-state index contributed by atoms with van der Waals surface area (Å²) in [6, 6.07) is 13.1. The molecule has 0 spiro atoms. The van der Waals surface area contributed by atoms with Crippen LogP contribution < -0.4 is 10.1 Å². The summed E-state index contributed by atoms with van der Waals surface area (Å²) in [4.78, 5) is 16.8. The zero-order valence-electron chi connectivity index (χ0n) is 15.1. The minimum absolute atomic E-state index is 0.156. The van der Waals surface area contributed by atoms with Crippen molar-refractivity contribution >= 4 is 22.4 Å². The van der Waals surface area contributed by atoms with E-state index in [1.807, 2.05) is 5.38 Å². The average Bonchev–Trinajstić information content (AvgIpc) is 3.39. The molecule has 28 heavy (non-hydrogen) atoms. The quantitative estimate of drug-likeness (QED) is 0.650. The van der Waals surface area contributed by atoms with E-state index in [2.05, 4.69) is 10.3 Å². The lowest BCUT2D eigenvalue weighted by Crippen LogP contribution is -2.16. The molecule has 1 saturated heterocycles. The van der Waals surface area contributed by atoms with Gasteiger partial charge in [-0.1, -0.05) is 0 Å². The molecule has 1 atom stereocenters. The van der Waals surface area contributed by atoms with Gasteiger partial charge in [0.2, 0.25) is 0 Å². The minimum Gasteiger partial charge on any atom is -0.491 e. The van der Waals surface area contributed by atoms with E-state index in [0.29, 0.717) is 28.7 Å². The number of aromatic nitrogens is 1. The van der Waals surface area contributed by atoms with Crippen LogP contribution in [0.1, 0.15) is 23.2 Å². The summed E-state index contributed by atoms with van der Waals surface area (Å²) in [5.74, 6) is 0.168. The van der Waals surface area contributed by atoms with Gasteiger partial charge in [0.25, 0.3) is 5.91 Å². The summed E-state index contributed by atoms with van der Waals surface area (Å²) in [6.45, 7) is 1.32. The van der Waals surface area contributed by atoms with Crippen molar-refractivity contribution in [2.24, 2.45) is 0 Å². The first-order chi connectivity index (χ1) is 13.7. The third-order valence-electron chi connectivity index (χ3n) is 4.44. The van der Waals surface area contributed by atoms with Crippen LogP contribution in [0.15, 0.2) is 53.9 Å². The molecule has 1 amide bonds. The van der Waals surface area contributed by atoms with Crippen LogP contribution in [0, 0.1) is 5.82 Å². The monoisotopic (exact) mass is 398 g/mol. The second kappa shape index (κ2) is 8.50. The number of benzene rings is 2. The maximum Gasteiger partial charge on any atom is 0.257 e. The molecule has 2 heterocycles. The number of carbonyl (C=O) groups is 1. The molecule has 0 saturated carbocycles. The first kappa shape index (κ1) is 18.6. The Morgan fingerprint density at radius 2 is 2.00 bits per heavy atom. The van der Waals surface area contributed by atoms with Gasteiger partial charge in [-0.15, -0.1) is 11.3 Å². The summed E-state index contributed by atoms with van der Waals surface area (Å²) in [7, 11) is 0. The third kappa shape index (κ3) is 4.55. The van der Waals surface area contributed by atoms with Crippen LogP contribution in [-0.2, 0) is 4.74 Å². The fourth-order valence-corrected chi connectivity index (χ4v) is 3.64. The molecule has 0 aliphatic carbocycles. The predicted octanol–water partition coefficient (Wildman–Crippen LogP) is 4.76. The number of nitrogens with one attached hydrogen (secondary N) is 1. The summed E-state index contributed by atoms with van der Waals surface area (Å²) in [5.41, 5.74) is 2.01. The Morgan fingerprint density at radius 3 is 2.71 bits per heavy atom. The molecule has 0 unspecified atom stereocenters. The predicted molar refractivity (Wildman–Crippen MR) is 106 cm³/mol. The van der Waals surface area contributed by atoms with Gasteiger partial charge in [-0.3, -0.25) is 10.1 Å². The van der Waals surface area contributed by atoms with Crippen LogP contribution in [0.4, 0.5) is 9.52 Å². The van der Waals surface area contributed by atoms with E-state index in [4.69, 9.17) is 9.47 Å². The normalized spacial score (nSPS) is 16.1. The molecule has 1 fully saturated rings. The Balaban J connectivity index is 1.35. The van der Waals surface area contributed by atoms with E-state index in [0.717, 1.165) is 25.0 Å². The maximum atomic E-state index is 13.0. The molecular weight excluding hydrogens is 379 g/mol. The van der Waals surface area contributed by atoms with Gasteiger partial charge in [-0.25, -0.2) is 9.37 Å². The summed E-state index contributed by atoms with van der Waals surface area (Å²) >= 11 is 1.32. The van der Waals surface area contributed by atoms with Crippen molar-refractivity contribution in [1.29, 1.82) is 0 Å². The van der Waals surface area contributed by atoms with Gasteiger partial charge >= 0.3 is 0 Å². The van der Waals surface area contributed by atoms with Crippen molar-refractivity contribution in [3.63, 3.8) is 0 Å². The molecule has 1 aromatic heterocycles. The molecule has 3 aromatic rings. The molecule has 1 aliphatic heterocycles. The Labute approximate surface area is 166 Å². The van der Waals surface area contributed by atoms with E-state index < -0.39 is 0 Å². The van der Waals surface area contributed by atoms with Crippen LogP contribution in [0.3, 0.4) is 0 Å². The lowest BCUT2D eigenvalue weighted by atomic mass is 10.2. The number of rotatable bonds is 6. The maximum absolute atomic E-state index is 13.0. The minimum atomic E-state index is -0.296. The molecule has 0 bridgehead atoms. The number of hydrogen-bond donors (Lipinski definition) is 1. The fourth-order valence-electron chi connectivity index (χ4n) is 2.92. The molecule has 2 aromatic carbocycles. The van der Waals surface area contributed by atoms with Gasteiger partial charge in [-0.05, 0) is 61.4 Å². The lowest BCUT2D eigenvalue weighted by Gasteiger charge is -2.11. The van der Waals surface area contributed by atoms with E-state index >= 15 is 0 Å². The number of halogens is 1. The van der Waals surface area contributed by atoms with Crippen molar-refractivity contribution in [3.8, 4) is 17.0 Å². The first-order valence-corrected chi connectivity index (χ1v) is 9.92. The molecule has 1 N–H and O–H groups in total. The van der Waals surface area contributed by atoms with E-state index in [-0.39, 0.29) is 17.8 Å². The molecule has 5 nitrogen and oxygen atoms in total. The average molecular weight is 398 g/mol. The second-order valence-electron chi connectivity index (χ2n) is 6.47. The smallest absolute Gasteiger partial charge is 0.257 e. The van der Waals surface area contributed by atoms with Gasteiger partial charge in [0, 0.05) is 23.1 Å². The van der Waals surface area contributed by atoms with Gasteiger partial charge in [0.15, 0.2) is 5.13 Å². The SMILES string of the molecule is O=C(Nc1nc(-c2ccc(F)cc2)cs1)c1ccc(OC[C@H]2CCCO2)cc1. The number of carbonyl (C=O) groups excluding carboxylic acids is 1. The number of amides is 1. The molecule has 1 aliphatic rings. The van der Waals surface area contributed by atoms with Crippen molar-refractivity contribution < 1.29 is 18.7 Å². The van der Waals surface area contributed by atoms with Crippen LogP contribution >= 0.6 is 11.3 Å². The standard InChI is InChI=1S/C21H19FN2O3S/c22-16-7-3-14(4-8-16)19-13-28-21(23-19)24-20(25)15-5-9-17(10-6-15)27-12-18-2-1-11-26-18/h3-10,13,18H,1-2,11-12H2,(H,23,24,25)/t18-/m1/s1. The topological polar surface area (TPSA) is 60.5 Å². The van der Waals surface area contributed by atoms with Crippen molar-refractivity contribution in [3.05, 3.63) is 65.3 Å². The van der Waals surface area contributed by atoms with Crippen molar-refractivity contribution in [2.45, 2.75) is 18.9 Å². The molecule has 7 heteroatoms. The van der Waals surface area contributed by atoms with Crippen LogP contribution in [-0.4, -0.2) is 30.2 Å². The largest absolute Gasteiger partial charge is 0.491 e. The van der Waals surface area contributed by atoms with E-state index in [1.165, 1.54) is 23.5 Å². The number of hydrogen-bond acceptors (Lipinski definition) is 5. The van der Waals surface area contributed by atoms with Crippen molar-refractivity contribution in [2.75, 3.05) is 18.5 Å². The van der Waals surface area contributed by atoms with Crippen LogP contribution in [0.25, 0.3) is 11.3 Å². The highest BCUT2D eigenvalue weighted by Gasteiger charge is 2.16. The zero-order chi connectivity index (χ0) is 19.3. The molecule has 144 valence electrons. The Kier molecular flexibility index (Phi) is 5.64. The zero-order valence-corrected chi connectivity index (χ0v) is 15.9. The van der Waals surface area contributed by atoms with Gasteiger partial charge in [0.05, 0.1) is 11.8 Å². The Bertz CT molecular complexity index is 935. The number of thiazole rings is 1.